The molecular weight excluding hydrogens is 1030 g/mol. The van der Waals surface area contributed by atoms with Crippen LogP contribution in [0.4, 0.5) is 0 Å². The van der Waals surface area contributed by atoms with Crippen LogP contribution in [0.3, 0.4) is 0 Å². The number of aliphatic hydroxyl groups is 7. The molecule has 0 aromatic carbocycles. The van der Waals surface area contributed by atoms with Gasteiger partial charge in [-0.25, -0.2) is 0 Å². The van der Waals surface area contributed by atoms with Gasteiger partial charge in [0.2, 0.25) is 5.91 Å². The fourth-order valence-electron chi connectivity index (χ4n) is 12.0. The van der Waals surface area contributed by atoms with E-state index in [4.69, 9.17) is 9.47 Å². The van der Waals surface area contributed by atoms with Crippen LogP contribution >= 0.6 is 0 Å². The number of amides is 1. The summed E-state index contributed by atoms with van der Waals surface area (Å²) < 4.78 is 11.2. The Balaban J connectivity index is 2.19. The van der Waals surface area contributed by atoms with Crippen molar-refractivity contribution in [2.24, 2.45) is 0 Å². The van der Waals surface area contributed by atoms with Crippen molar-refractivity contribution in [1.29, 1.82) is 0 Å². The number of ether oxygens (including phenoxy) is 2. The van der Waals surface area contributed by atoms with E-state index in [-0.39, 0.29) is 12.8 Å². The van der Waals surface area contributed by atoms with Crippen molar-refractivity contribution in [2.75, 3.05) is 13.2 Å². The molecule has 0 aliphatic carbocycles. The van der Waals surface area contributed by atoms with Crippen molar-refractivity contribution in [3.8, 4) is 0 Å². The number of allylic oxidation sites excluding steroid dienone is 2. The molecule has 488 valence electrons. The van der Waals surface area contributed by atoms with Gasteiger partial charge in [-0.2, -0.15) is 0 Å². The zero-order chi connectivity index (χ0) is 59.6. The number of nitrogens with one attached hydrogen (secondary N) is 1. The number of aliphatic hydroxyl groups excluding tert-OH is 7. The molecule has 0 saturated carbocycles. The molecule has 0 aromatic rings. The van der Waals surface area contributed by atoms with Gasteiger partial charge in [-0.1, -0.05) is 341 Å². The lowest BCUT2D eigenvalue weighted by Crippen LogP contribution is -2.60. The lowest BCUT2D eigenvalue weighted by molar-refractivity contribution is -0.303. The molecule has 11 heteroatoms. The van der Waals surface area contributed by atoms with Crippen molar-refractivity contribution in [3.05, 3.63) is 12.2 Å². The molecule has 1 fully saturated rings. The van der Waals surface area contributed by atoms with Gasteiger partial charge >= 0.3 is 0 Å². The highest BCUT2D eigenvalue weighted by molar-refractivity contribution is 5.80. The summed E-state index contributed by atoms with van der Waals surface area (Å²) in [6.07, 6.45) is 63.1. The molecule has 1 rings (SSSR count). The fourth-order valence-corrected chi connectivity index (χ4v) is 12.0. The van der Waals surface area contributed by atoms with Gasteiger partial charge < -0.3 is 50.5 Å². The maximum absolute atomic E-state index is 13.3. The molecule has 0 spiro atoms. The minimum absolute atomic E-state index is 0.260. The molecule has 11 nitrogen and oxygen atoms in total. The maximum Gasteiger partial charge on any atom is 0.249 e. The van der Waals surface area contributed by atoms with Crippen molar-refractivity contribution in [2.45, 2.75) is 422 Å². The SMILES string of the molecule is CCCCCCCCCCCCCCCCCCCCCCCCCCC/C=C/CCCC(O)C(O)C(COC1OC(CO)C(O)C(O)C1O)NC(=O)C(O)CCCCCCCCCCCCCCCCCCCCCCCCCCC. The van der Waals surface area contributed by atoms with Gasteiger partial charge in [0.1, 0.15) is 36.6 Å². The summed E-state index contributed by atoms with van der Waals surface area (Å²) in [7, 11) is 0. The Labute approximate surface area is 506 Å². The minimum Gasteiger partial charge on any atom is -0.394 e. The van der Waals surface area contributed by atoms with Gasteiger partial charge in [0, 0.05) is 0 Å². The molecule has 1 saturated heterocycles. The summed E-state index contributed by atoms with van der Waals surface area (Å²) in [5.41, 5.74) is 0. The van der Waals surface area contributed by atoms with Gasteiger partial charge in [0.05, 0.1) is 25.4 Å². The smallest absolute Gasteiger partial charge is 0.249 e. The highest BCUT2D eigenvalue weighted by atomic mass is 16.7. The van der Waals surface area contributed by atoms with Crippen LogP contribution in [0.15, 0.2) is 12.2 Å². The zero-order valence-electron chi connectivity index (χ0n) is 54.0. The highest BCUT2D eigenvalue weighted by Gasteiger charge is 2.44. The zero-order valence-corrected chi connectivity index (χ0v) is 54.0. The first-order chi connectivity index (χ1) is 40.2. The van der Waals surface area contributed by atoms with E-state index in [1.165, 1.54) is 295 Å². The topological polar surface area (TPSA) is 189 Å². The summed E-state index contributed by atoms with van der Waals surface area (Å²) in [5.74, 6) is -0.697. The Morgan fingerprint density at radius 2 is 0.720 bits per heavy atom. The molecule has 82 heavy (non-hydrogen) atoms. The van der Waals surface area contributed by atoms with Gasteiger partial charge in [0.25, 0.3) is 0 Å². The number of rotatable bonds is 64. The van der Waals surface area contributed by atoms with E-state index in [2.05, 4.69) is 31.3 Å². The first kappa shape index (κ1) is 78.9. The number of hydrogen-bond acceptors (Lipinski definition) is 10. The molecule has 0 bridgehead atoms. The Bertz CT molecular complexity index is 1340. The van der Waals surface area contributed by atoms with E-state index in [1.807, 2.05) is 0 Å². The largest absolute Gasteiger partial charge is 0.394 e. The molecule has 9 unspecified atom stereocenters. The summed E-state index contributed by atoms with van der Waals surface area (Å²) in [6, 6.07) is -1.18. The molecule has 8 N–H and O–H groups in total. The Morgan fingerprint density at radius 1 is 0.415 bits per heavy atom. The second-order valence-electron chi connectivity index (χ2n) is 25.7. The fraction of sp³-hybridized carbons (Fsp3) is 0.958. The maximum atomic E-state index is 13.3. The van der Waals surface area contributed by atoms with Crippen molar-refractivity contribution in [3.63, 3.8) is 0 Å². The minimum atomic E-state index is -1.67. The predicted molar refractivity (Wildman–Crippen MR) is 344 cm³/mol. The van der Waals surface area contributed by atoms with Crippen LogP contribution in [0.25, 0.3) is 0 Å². The van der Waals surface area contributed by atoms with Crippen LogP contribution in [-0.4, -0.2) is 110 Å². The average Bonchev–Trinajstić information content (AvgIpc) is 3.53. The summed E-state index contributed by atoms with van der Waals surface area (Å²) in [4.78, 5) is 13.3. The van der Waals surface area contributed by atoms with Crippen molar-refractivity contribution < 1.29 is 50.0 Å². The van der Waals surface area contributed by atoms with Crippen LogP contribution < -0.4 is 5.32 Å². The number of carbonyl (C=O) groups excluding carboxylic acids is 1. The monoisotopic (exact) mass is 1170 g/mol. The first-order valence-corrected chi connectivity index (χ1v) is 36.1. The number of hydrogen-bond donors (Lipinski definition) is 8. The average molecular weight is 1170 g/mol. The molecule has 1 amide bonds. The number of carbonyl (C=O) groups is 1. The van der Waals surface area contributed by atoms with E-state index in [9.17, 15) is 40.5 Å². The Kier molecular flexibility index (Phi) is 57.8. The van der Waals surface area contributed by atoms with E-state index in [0.717, 1.165) is 32.1 Å². The molecular formula is C71H139NO10. The molecule has 1 aliphatic heterocycles. The molecule has 0 aromatic heterocycles. The van der Waals surface area contributed by atoms with Gasteiger partial charge in [-0.3, -0.25) is 4.79 Å². The van der Waals surface area contributed by atoms with E-state index in [1.54, 1.807) is 0 Å². The van der Waals surface area contributed by atoms with Crippen molar-refractivity contribution >= 4 is 5.91 Å². The third kappa shape index (κ3) is 47.0. The quantitative estimate of drug-likeness (QED) is 0.0215. The van der Waals surface area contributed by atoms with E-state index >= 15 is 0 Å². The lowest BCUT2D eigenvalue weighted by atomic mass is 9.98. The highest BCUT2D eigenvalue weighted by Crippen LogP contribution is 2.24. The second-order valence-corrected chi connectivity index (χ2v) is 25.7. The van der Waals surface area contributed by atoms with Gasteiger partial charge in [0.15, 0.2) is 6.29 Å². The van der Waals surface area contributed by atoms with Crippen LogP contribution in [0.1, 0.15) is 367 Å². The lowest BCUT2D eigenvalue weighted by Gasteiger charge is -2.40. The molecule has 1 aliphatic rings. The third-order valence-electron chi connectivity index (χ3n) is 17.8. The summed E-state index contributed by atoms with van der Waals surface area (Å²) in [6.45, 7) is 3.51. The first-order valence-electron chi connectivity index (χ1n) is 36.1. The van der Waals surface area contributed by atoms with Crippen LogP contribution in [0, 0.1) is 0 Å². The van der Waals surface area contributed by atoms with Crippen LogP contribution in [-0.2, 0) is 14.3 Å². The molecule has 0 radical (unpaired) electrons. The standard InChI is InChI=1S/C71H139NO10/c1-3-5-7-9-11-13-15-17-19-21-23-25-27-29-30-31-32-33-35-36-38-40-42-44-46-48-50-52-54-56-58-63(74)66(76)62(61-81-71-69(79)68(78)67(77)65(60-73)82-71)72-70(80)64(75)59-57-55-53-51-49-47-45-43-41-39-37-34-28-26-24-22-20-18-16-14-12-10-8-6-4-2/h50,52,62-69,71,73-79H,3-49,51,53-61H2,1-2H3,(H,72,80)/b52-50+. The summed E-state index contributed by atoms with van der Waals surface area (Å²) in [5, 5.41) is 76.5. The number of unbranched alkanes of at least 4 members (excludes halogenated alkanes) is 50. The Hall–Kier alpha value is -1.15. The van der Waals surface area contributed by atoms with Gasteiger partial charge in [-0.05, 0) is 38.5 Å². The summed E-state index contributed by atoms with van der Waals surface area (Å²) >= 11 is 0. The van der Waals surface area contributed by atoms with Gasteiger partial charge in [-0.15, -0.1) is 0 Å². The third-order valence-corrected chi connectivity index (χ3v) is 17.8. The predicted octanol–water partition coefficient (Wildman–Crippen LogP) is 17.4. The van der Waals surface area contributed by atoms with E-state index < -0.39 is 74.2 Å². The normalized spacial score (nSPS) is 19.1. The second kappa shape index (κ2) is 60.1. The van der Waals surface area contributed by atoms with Crippen molar-refractivity contribution in [1.82, 2.24) is 5.32 Å². The van der Waals surface area contributed by atoms with Crippen LogP contribution in [0.5, 0.6) is 0 Å². The van der Waals surface area contributed by atoms with E-state index in [0.29, 0.717) is 12.8 Å². The molecule has 1 heterocycles. The Morgan fingerprint density at radius 3 is 1.05 bits per heavy atom. The van der Waals surface area contributed by atoms with Crippen LogP contribution in [0.2, 0.25) is 0 Å². The molecule has 9 atom stereocenters.